The van der Waals surface area contributed by atoms with Gasteiger partial charge >= 0.3 is 0 Å². The van der Waals surface area contributed by atoms with E-state index in [1.807, 2.05) is 4.90 Å². The Morgan fingerprint density at radius 2 is 1.78 bits per heavy atom. The second-order valence-corrected chi connectivity index (χ2v) is 9.76. The highest BCUT2D eigenvalue weighted by Gasteiger charge is 2.29. The molecule has 2 aliphatic heterocycles. The van der Waals surface area contributed by atoms with Gasteiger partial charge in [-0.15, -0.1) is 0 Å². The molecule has 1 aromatic heterocycles. The zero-order valence-corrected chi connectivity index (χ0v) is 20.9. The van der Waals surface area contributed by atoms with Crippen molar-refractivity contribution in [2.45, 2.75) is 20.4 Å². The molecule has 0 atom stereocenters. The van der Waals surface area contributed by atoms with Crippen LogP contribution in [-0.4, -0.2) is 67.4 Å². The number of fused-ring (bicyclic) bond motifs is 1. The summed E-state index contributed by atoms with van der Waals surface area (Å²) in [5.74, 6) is 1.68. The fourth-order valence-electron chi connectivity index (χ4n) is 4.60. The van der Waals surface area contributed by atoms with Crippen LogP contribution in [0.3, 0.4) is 0 Å². The van der Waals surface area contributed by atoms with Gasteiger partial charge in [0.1, 0.15) is 11.5 Å². The number of rotatable bonds is 7. The van der Waals surface area contributed by atoms with E-state index in [4.69, 9.17) is 14.0 Å². The highest BCUT2D eigenvalue weighted by molar-refractivity contribution is 5.95. The summed E-state index contributed by atoms with van der Waals surface area (Å²) < 4.78 is 30.4. The Morgan fingerprint density at radius 1 is 1.06 bits per heavy atom. The van der Waals surface area contributed by atoms with Crippen molar-refractivity contribution in [3.63, 3.8) is 0 Å². The summed E-state index contributed by atoms with van der Waals surface area (Å²) in [6.07, 6.45) is 0. The predicted octanol–water partition coefficient (Wildman–Crippen LogP) is 4.26. The minimum absolute atomic E-state index is 0.113. The van der Waals surface area contributed by atoms with E-state index >= 15 is 0 Å². The van der Waals surface area contributed by atoms with Crippen molar-refractivity contribution in [3.05, 3.63) is 59.4 Å². The normalized spacial score (nSPS) is 15.5. The lowest BCUT2D eigenvalue weighted by Crippen LogP contribution is -2.45. The van der Waals surface area contributed by atoms with Gasteiger partial charge < -0.3 is 28.7 Å². The topological polar surface area (TPSA) is 71.3 Å². The molecular formula is C27H31FN4O4. The SMILES string of the molecule is CC(C)CN(Cc1c(-c2ccc(F)cc2)noc1N1CCN(C)CC1)C(=O)c1ccc2c(c1)OCO2. The molecule has 36 heavy (non-hydrogen) atoms. The zero-order valence-electron chi connectivity index (χ0n) is 20.9. The summed E-state index contributed by atoms with van der Waals surface area (Å²) in [6, 6.07) is 11.5. The summed E-state index contributed by atoms with van der Waals surface area (Å²) in [7, 11) is 2.09. The molecule has 0 unspecified atom stereocenters. The van der Waals surface area contributed by atoms with Gasteiger partial charge in [0.25, 0.3) is 5.91 Å². The molecule has 0 aliphatic carbocycles. The number of ether oxygens (including phenoxy) is 2. The summed E-state index contributed by atoms with van der Waals surface area (Å²) in [5, 5.41) is 4.39. The molecule has 2 aromatic carbocycles. The number of halogens is 1. The quantitative estimate of drug-likeness (QED) is 0.486. The number of benzene rings is 2. The molecule has 3 aromatic rings. The average molecular weight is 495 g/mol. The van der Waals surface area contributed by atoms with Crippen molar-refractivity contribution in [1.82, 2.24) is 15.0 Å². The lowest BCUT2D eigenvalue weighted by atomic mass is 10.0. The highest BCUT2D eigenvalue weighted by Crippen LogP contribution is 2.35. The van der Waals surface area contributed by atoms with Crippen molar-refractivity contribution < 1.29 is 23.2 Å². The van der Waals surface area contributed by atoms with Gasteiger partial charge in [0, 0.05) is 43.9 Å². The van der Waals surface area contributed by atoms with Crippen molar-refractivity contribution in [3.8, 4) is 22.8 Å². The molecule has 0 bridgehead atoms. The third-order valence-corrected chi connectivity index (χ3v) is 6.52. The first-order chi connectivity index (χ1) is 17.4. The minimum atomic E-state index is -0.317. The Bertz CT molecular complexity index is 1220. The second kappa shape index (κ2) is 10.2. The van der Waals surface area contributed by atoms with Gasteiger partial charge in [-0.05, 0) is 55.4 Å². The van der Waals surface area contributed by atoms with Gasteiger partial charge in [-0.3, -0.25) is 4.79 Å². The Balaban J connectivity index is 1.51. The highest BCUT2D eigenvalue weighted by atomic mass is 19.1. The number of carbonyl (C=O) groups excluding carboxylic acids is 1. The lowest BCUT2D eigenvalue weighted by molar-refractivity contribution is 0.0722. The fraction of sp³-hybridized carbons (Fsp3) is 0.407. The number of aromatic nitrogens is 1. The van der Waals surface area contributed by atoms with E-state index < -0.39 is 0 Å². The monoisotopic (exact) mass is 494 g/mol. The molecule has 1 saturated heterocycles. The summed E-state index contributed by atoms with van der Waals surface area (Å²) >= 11 is 0. The zero-order chi connectivity index (χ0) is 25.2. The maximum absolute atomic E-state index is 13.7. The molecule has 0 spiro atoms. The van der Waals surface area contributed by atoms with Gasteiger partial charge in [0.15, 0.2) is 11.5 Å². The standard InChI is InChI=1S/C27H31FN4O4/c1-18(2)15-32(26(33)20-6-9-23-24(14-20)35-17-34-23)16-22-25(19-4-7-21(28)8-5-19)29-36-27(22)31-12-10-30(3)11-13-31/h4-9,14,18H,10-13,15-17H2,1-3H3. The smallest absolute Gasteiger partial charge is 0.254 e. The van der Waals surface area contributed by atoms with Crippen LogP contribution in [0.1, 0.15) is 29.8 Å². The summed E-state index contributed by atoms with van der Waals surface area (Å²) in [6.45, 7) is 8.55. The van der Waals surface area contributed by atoms with Crippen LogP contribution in [0.2, 0.25) is 0 Å². The minimum Gasteiger partial charge on any atom is -0.454 e. The maximum Gasteiger partial charge on any atom is 0.254 e. The second-order valence-electron chi connectivity index (χ2n) is 9.76. The first-order valence-electron chi connectivity index (χ1n) is 12.3. The maximum atomic E-state index is 13.7. The number of hydrogen-bond donors (Lipinski definition) is 0. The lowest BCUT2D eigenvalue weighted by Gasteiger charge is -2.33. The van der Waals surface area contributed by atoms with Gasteiger partial charge in [-0.1, -0.05) is 19.0 Å². The van der Waals surface area contributed by atoms with Gasteiger partial charge in [-0.25, -0.2) is 4.39 Å². The van der Waals surface area contributed by atoms with E-state index in [1.54, 1.807) is 30.3 Å². The van der Waals surface area contributed by atoms with E-state index in [1.165, 1.54) is 12.1 Å². The number of carbonyl (C=O) groups is 1. The molecule has 2 aliphatic rings. The number of anilines is 1. The number of nitrogens with zero attached hydrogens (tertiary/aromatic N) is 4. The molecule has 8 nitrogen and oxygen atoms in total. The van der Waals surface area contributed by atoms with Crippen molar-refractivity contribution in [2.75, 3.05) is 51.5 Å². The Kier molecular flexibility index (Phi) is 6.82. The first-order valence-corrected chi connectivity index (χ1v) is 12.3. The average Bonchev–Trinajstić information content (AvgIpc) is 3.50. The van der Waals surface area contributed by atoms with Crippen LogP contribution in [0.25, 0.3) is 11.3 Å². The molecular weight excluding hydrogens is 463 g/mol. The molecule has 0 saturated carbocycles. The van der Waals surface area contributed by atoms with E-state index in [0.717, 1.165) is 37.3 Å². The molecule has 190 valence electrons. The Morgan fingerprint density at radius 3 is 2.50 bits per heavy atom. The van der Waals surface area contributed by atoms with Gasteiger partial charge in [0.2, 0.25) is 12.7 Å². The number of hydrogen-bond acceptors (Lipinski definition) is 7. The number of amides is 1. The third-order valence-electron chi connectivity index (χ3n) is 6.52. The van der Waals surface area contributed by atoms with Crippen molar-refractivity contribution in [1.29, 1.82) is 0 Å². The van der Waals surface area contributed by atoms with Gasteiger partial charge in [0.05, 0.1) is 12.1 Å². The van der Waals surface area contributed by atoms with Crippen LogP contribution < -0.4 is 14.4 Å². The summed E-state index contributed by atoms with van der Waals surface area (Å²) in [4.78, 5) is 20.0. The van der Waals surface area contributed by atoms with Crippen LogP contribution in [-0.2, 0) is 6.54 Å². The molecule has 9 heteroatoms. The van der Waals surface area contributed by atoms with E-state index in [0.29, 0.717) is 41.7 Å². The molecule has 1 fully saturated rings. The van der Waals surface area contributed by atoms with Crippen molar-refractivity contribution in [2.24, 2.45) is 5.92 Å². The number of likely N-dealkylation sites (N-methyl/N-ethyl adjacent to an activating group) is 1. The molecule has 0 radical (unpaired) electrons. The molecule has 1 amide bonds. The number of piperazine rings is 1. The molecule has 5 rings (SSSR count). The summed E-state index contributed by atoms with van der Waals surface area (Å²) in [5.41, 5.74) is 2.72. The van der Waals surface area contributed by atoms with Gasteiger partial charge in [-0.2, -0.15) is 0 Å². The first kappa shape index (κ1) is 24.1. The largest absolute Gasteiger partial charge is 0.454 e. The molecule has 0 N–H and O–H groups in total. The van der Waals surface area contributed by atoms with Crippen molar-refractivity contribution >= 4 is 11.8 Å². The third kappa shape index (κ3) is 5.02. The van der Waals surface area contributed by atoms with Crippen LogP contribution in [0.5, 0.6) is 11.5 Å². The Labute approximate surface area is 210 Å². The van der Waals surface area contributed by atoms with Crippen LogP contribution in [0.15, 0.2) is 47.0 Å². The molecule has 3 heterocycles. The van der Waals surface area contributed by atoms with Crippen LogP contribution in [0, 0.1) is 11.7 Å². The van der Waals surface area contributed by atoms with Crippen LogP contribution >= 0.6 is 0 Å². The van der Waals surface area contributed by atoms with E-state index in [9.17, 15) is 9.18 Å². The van der Waals surface area contributed by atoms with Crippen LogP contribution in [0.4, 0.5) is 10.3 Å². The van der Waals surface area contributed by atoms with E-state index in [2.05, 4.69) is 35.9 Å². The fourth-order valence-corrected chi connectivity index (χ4v) is 4.60. The Hall–Kier alpha value is -3.59. The van der Waals surface area contributed by atoms with E-state index in [-0.39, 0.29) is 24.4 Å². The predicted molar refractivity (Wildman–Crippen MR) is 134 cm³/mol.